The van der Waals surface area contributed by atoms with Crippen molar-refractivity contribution in [2.45, 2.75) is 62.2 Å². The van der Waals surface area contributed by atoms with Crippen molar-refractivity contribution in [2.75, 3.05) is 6.26 Å². The Balaban J connectivity index is 1.77. The van der Waals surface area contributed by atoms with E-state index >= 15 is 0 Å². The molecule has 0 heterocycles. The molecule has 0 aromatic rings. The molecule has 3 rings (SSSR count). The molecule has 18 heavy (non-hydrogen) atoms. The van der Waals surface area contributed by atoms with Crippen LogP contribution in [-0.2, 0) is 9.84 Å². The smallest absolute Gasteiger partial charge is 0.150 e. The molecule has 0 radical (unpaired) electrons. The zero-order valence-corrected chi connectivity index (χ0v) is 12.0. The molecule has 4 heteroatoms. The van der Waals surface area contributed by atoms with E-state index in [0.717, 1.165) is 32.1 Å². The summed E-state index contributed by atoms with van der Waals surface area (Å²) in [6, 6.07) is 0. The molecule has 0 aromatic carbocycles. The maximum Gasteiger partial charge on any atom is 0.150 e. The van der Waals surface area contributed by atoms with Gasteiger partial charge in [0.2, 0.25) is 0 Å². The zero-order chi connectivity index (χ0) is 13.0. The third-order valence-corrected chi connectivity index (χ3v) is 7.44. The van der Waals surface area contributed by atoms with Crippen LogP contribution >= 0.6 is 0 Å². The summed E-state index contributed by atoms with van der Waals surface area (Å²) in [5, 5.41) is 10.8. The van der Waals surface area contributed by atoms with E-state index in [1.54, 1.807) is 0 Å². The van der Waals surface area contributed by atoms with Crippen LogP contribution in [0.15, 0.2) is 0 Å². The van der Waals surface area contributed by atoms with Crippen molar-refractivity contribution in [3.8, 4) is 0 Å². The molecule has 3 nitrogen and oxygen atoms in total. The first-order valence-corrected chi connectivity index (χ1v) is 9.26. The Bertz CT molecular complexity index is 430. The van der Waals surface area contributed by atoms with Crippen molar-refractivity contribution in [2.24, 2.45) is 17.8 Å². The third-order valence-electron chi connectivity index (χ3n) is 5.80. The molecule has 1 N–H and O–H groups in total. The number of hydrogen-bond donors (Lipinski definition) is 1. The van der Waals surface area contributed by atoms with Gasteiger partial charge < -0.3 is 5.11 Å². The lowest BCUT2D eigenvalue weighted by atomic mass is 9.69. The molecule has 0 spiro atoms. The fraction of sp³-hybridized carbons (Fsp3) is 1.00. The van der Waals surface area contributed by atoms with Gasteiger partial charge in [0.15, 0.2) is 0 Å². The predicted octanol–water partition coefficient (Wildman–Crippen LogP) is 2.14. The maximum atomic E-state index is 11.7. The average Bonchev–Trinajstić information content (AvgIpc) is 2.88. The Morgan fingerprint density at radius 1 is 1.06 bits per heavy atom. The molecule has 104 valence electrons. The van der Waals surface area contributed by atoms with Crippen molar-refractivity contribution in [1.82, 2.24) is 0 Å². The van der Waals surface area contributed by atoms with Crippen molar-refractivity contribution < 1.29 is 13.5 Å². The fourth-order valence-corrected chi connectivity index (χ4v) is 6.01. The van der Waals surface area contributed by atoms with E-state index in [-0.39, 0.29) is 11.2 Å². The van der Waals surface area contributed by atoms with E-state index in [4.69, 9.17) is 0 Å². The maximum absolute atomic E-state index is 11.7. The second-order valence-corrected chi connectivity index (χ2v) is 9.21. The van der Waals surface area contributed by atoms with Crippen LogP contribution in [0, 0.1) is 17.8 Å². The topological polar surface area (TPSA) is 54.4 Å². The minimum Gasteiger partial charge on any atom is -0.389 e. The molecule has 3 aliphatic carbocycles. The van der Waals surface area contributed by atoms with Crippen LogP contribution in [-0.4, -0.2) is 30.6 Å². The SMILES string of the molecule is CS(=O)(=O)C1CCCC(C2(O)CC3CCC2C3)C1. The van der Waals surface area contributed by atoms with Crippen LogP contribution < -0.4 is 0 Å². The highest BCUT2D eigenvalue weighted by atomic mass is 32.2. The van der Waals surface area contributed by atoms with Gasteiger partial charge in [-0.15, -0.1) is 0 Å². The second-order valence-electron chi connectivity index (χ2n) is 6.89. The summed E-state index contributed by atoms with van der Waals surface area (Å²) in [4.78, 5) is 0. The Labute approximate surface area is 110 Å². The highest BCUT2D eigenvalue weighted by Gasteiger charge is 2.54. The lowest BCUT2D eigenvalue weighted by Crippen LogP contribution is -2.46. The average molecular weight is 272 g/mol. The predicted molar refractivity (Wildman–Crippen MR) is 71.0 cm³/mol. The summed E-state index contributed by atoms with van der Waals surface area (Å²) in [6.07, 6.45) is 9.35. The molecule has 5 atom stereocenters. The number of aliphatic hydroxyl groups is 1. The molecule has 3 fully saturated rings. The minimum absolute atomic E-state index is 0.209. The lowest BCUT2D eigenvalue weighted by molar-refractivity contribution is -0.0755. The monoisotopic (exact) mass is 272 g/mol. The van der Waals surface area contributed by atoms with Crippen LogP contribution in [0.5, 0.6) is 0 Å². The first-order valence-electron chi connectivity index (χ1n) is 7.31. The standard InChI is InChI=1S/C14H24O3S/c1-18(16,17)13-4-2-3-11(8-13)14(15)9-10-5-6-12(14)7-10/h10-13,15H,2-9H2,1H3. The van der Waals surface area contributed by atoms with Crippen molar-refractivity contribution in [3.63, 3.8) is 0 Å². The van der Waals surface area contributed by atoms with Gasteiger partial charge in [0.25, 0.3) is 0 Å². The Kier molecular flexibility index (Phi) is 3.02. The summed E-state index contributed by atoms with van der Waals surface area (Å²) >= 11 is 0. The molecule has 0 aromatic heterocycles. The van der Waals surface area contributed by atoms with Gasteiger partial charge in [-0.2, -0.15) is 0 Å². The van der Waals surface area contributed by atoms with Crippen molar-refractivity contribution >= 4 is 9.84 Å². The van der Waals surface area contributed by atoms with E-state index in [0.29, 0.717) is 18.3 Å². The normalized spacial score (nSPS) is 48.6. The van der Waals surface area contributed by atoms with E-state index in [2.05, 4.69) is 0 Å². The first kappa shape index (κ1) is 12.9. The quantitative estimate of drug-likeness (QED) is 0.838. The van der Waals surface area contributed by atoms with E-state index in [9.17, 15) is 13.5 Å². The van der Waals surface area contributed by atoms with Gasteiger partial charge in [-0.05, 0) is 62.7 Å². The highest BCUT2D eigenvalue weighted by molar-refractivity contribution is 7.91. The van der Waals surface area contributed by atoms with E-state index in [1.807, 2.05) is 0 Å². The number of fused-ring (bicyclic) bond motifs is 2. The molecule has 3 saturated carbocycles. The highest BCUT2D eigenvalue weighted by Crippen LogP contribution is 2.56. The summed E-state index contributed by atoms with van der Waals surface area (Å²) < 4.78 is 23.5. The molecule has 3 aliphatic rings. The molecular formula is C14H24O3S. The zero-order valence-electron chi connectivity index (χ0n) is 11.1. The van der Waals surface area contributed by atoms with Gasteiger partial charge in [-0.25, -0.2) is 8.42 Å². The van der Waals surface area contributed by atoms with Crippen LogP contribution in [0.25, 0.3) is 0 Å². The fourth-order valence-electron chi connectivity index (χ4n) is 4.83. The summed E-state index contributed by atoms with van der Waals surface area (Å²) in [5.41, 5.74) is -0.535. The van der Waals surface area contributed by atoms with Gasteiger partial charge >= 0.3 is 0 Å². The Hall–Kier alpha value is -0.0900. The summed E-state index contributed by atoms with van der Waals surface area (Å²) in [6.45, 7) is 0. The molecule has 2 bridgehead atoms. The third kappa shape index (κ3) is 2.01. The first-order chi connectivity index (χ1) is 8.39. The van der Waals surface area contributed by atoms with Crippen LogP contribution in [0.3, 0.4) is 0 Å². The summed E-state index contributed by atoms with van der Waals surface area (Å²) in [5.74, 6) is 1.38. The number of rotatable bonds is 2. The van der Waals surface area contributed by atoms with E-state index < -0.39 is 15.4 Å². The van der Waals surface area contributed by atoms with Gasteiger partial charge in [0.05, 0.1) is 10.9 Å². The van der Waals surface area contributed by atoms with E-state index in [1.165, 1.54) is 19.1 Å². The Morgan fingerprint density at radius 3 is 2.33 bits per heavy atom. The lowest BCUT2D eigenvalue weighted by Gasteiger charge is -2.43. The summed E-state index contributed by atoms with van der Waals surface area (Å²) in [7, 11) is -2.94. The molecular weight excluding hydrogens is 248 g/mol. The second kappa shape index (κ2) is 4.20. The van der Waals surface area contributed by atoms with Crippen molar-refractivity contribution in [3.05, 3.63) is 0 Å². The largest absolute Gasteiger partial charge is 0.389 e. The minimum atomic E-state index is -2.94. The Morgan fingerprint density at radius 2 is 1.78 bits per heavy atom. The molecule has 5 unspecified atom stereocenters. The van der Waals surface area contributed by atoms with Gasteiger partial charge in [-0.3, -0.25) is 0 Å². The van der Waals surface area contributed by atoms with Crippen LogP contribution in [0.4, 0.5) is 0 Å². The van der Waals surface area contributed by atoms with Gasteiger partial charge in [0, 0.05) is 6.26 Å². The molecule has 0 amide bonds. The molecule has 0 saturated heterocycles. The molecule has 0 aliphatic heterocycles. The van der Waals surface area contributed by atoms with Crippen molar-refractivity contribution in [1.29, 1.82) is 0 Å². The van der Waals surface area contributed by atoms with Crippen LogP contribution in [0.1, 0.15) is 51.4 Å². The van der Waals surface area contributed by atoms with Crippen LogP contribution in [0.2, 0.25) is 0 Å². The van der Waals surface area contributed by atoms with Gasteiger partial charge in [0.1, 0.15) is 9.84 Å². The van der Waals surface area contributed by atoms with Gasteiger partial charge in [-0.1, -0.05) is 6.42 Å². The number of hydrogen-bond acceptors (Lipinski definition) is 3. The number of sulfone groups is 1.